The lowest BCUT2D eigenvalue weighted by Crippen LogP contribution is -2.47. The molecule has 0 aromatic carbocycles. The molecule has 0 radical (unpaired) electrons. The van der Waals surface area contributed by atoms with Crippen LogP contribution in [-0.2, 0) is 23.9 Å². The maximum absolute atomic E-state index is 12.6. The zero-order valence-corrected chi connectivity index (χ0v) is 33.8. The Morgan fingerprint density at radius 3 is 1.27 bits per heavy atom. The summed E-state index contributed by atoms with van der Waals surface area (Å²) in [5.41, 5.74) is 0. The van der Waals surface area contributed by atoms with Crippen molar-refractivity contribution in [2.75, 3.05) is 13.2 Å². The Balaban J connectivity index is 3.85. The molecule has 306 valence electrons. The lowest BCUT2D eigenvalue weighted by Gasteiger charge is -2.18. The SMILES string of the molecule is CCCCCCCCCCCCCCCCCCCCCCCCC(=O)OC(CCCCCC)CCCCCC(=O)NCC(=O)NC(CO)C(=O)O. The first-order chi connectivity index (χ1) is 25.3. The van der Waals surface area contributed by atoms with Crippen LogP contribution in [0.2, 0.25) is 0 Å². The number of carboxylic acids is 1. The van der Waals surface area contributed by atoms with Gasteiger partial charge in [0.2, 0.25) is 11.8 Å². The highest BCUT2D eigenvalue weighted by Gasteiger charge is 2.19. The van der Waals surface area contributed by atoms with Crippen molar-refractivity contribution < 1.29 is 34.1 Å². The topological polar surface area (TPSA) is 142 Å². The Morgan fingerprint density at radius 1 is 0.500 bits per heavy atom. The molecule has 0 aromatic heterocycles. The molecule has 0 aliphatic carbocycles. The number of unbranched alkanes of at least 4 members (excludes halogenated alkanes) is 26. The van der Waals surface area contributed by atoms with E-state index in [-0.39, 0.29) is 30.9 Å². The van der Waals surface area contributed by atoms with E-state index < -0.39 is 24.5 Å². The van der Waals surface area contributed by atoms with Crippen LogP contribution in [0.5, 0.6) is 0 Å². The highest BCUT2D eigenvalue weighted by Crippen LogP contribution is 2.18. The molecule has 9 nitrogen and oxygen atoms in total. The second-order valence-corrected chi connectivity index (χ2v) is 15.2. The molecule has 4 N–H and O–H groups in total. The molecule has 2 atom stereocenters. The van der Waals surface area contributed by atoms with Crippen LogP contribution in [0.15, 0.2) is 0 Å². The van der Waals surface area contributed by atoms with Gasteiger partial charge in [-0.15, -0.1) is 0 Å². The van der Waals surface area contributed by atoms with E-state index in [9.17, 15) is 19.2 Å². The Kier molecular flexibility index (Phi) is 37.0. The fourth-order valence-electron chi connectivity index (χ4n) is 6.72. The largest absolute Gasteiger partial charge is 0.480 e. The number of aliphatic carboxylic acids is 1. The van der Waals surface area contributed by atoms with E-state index in [2.05, 4.69) is 24.5 Å². The number of carbonyl (C=O) groups excluding carboxylic acids is 3. The minimum absolute atomic E-state index is 0.0738. The maximum atomic E-state index is 12.6. The second kappa shape index (κ2) is 38.6. The molecular formula is C43H82N2O7. The van der Waals surface area contributed by atoms with Crippen LogP contribution in [0.1, 0.15) is 226 Å². The van der Waals surface area contributed by atoms with Crippen molar-refractivity contribution in [3.05, 3.63) is 0 Å². The van der Waals surface area contributed by atoms with Gasteiger partial charge in [0.05, 0.1) is 13.2 Å². The zero-order chi connectivity index (χ0) is 38.3. The third kappa shape index (κ3) is 34.9. The fourth-order valence-corrected chi connectivity index (χ4v) is 6.72. The molecule has 52 heavy (non-hydrogen) atoms. The van der Waals surface area contributed by atoms with Crippen molar-refractivity contribution in [1.29, 1.82) is 0 Å². The van der Waals surface area contributed by atoms with Crippen LogP contribution in [-0.4, -0.2) is 59.3 Å². The van der Waals surface area contributed by atoms with E-state index in [1.807, 2.05) is 0 Å². The third-order valence-corrected chi connectivity index (χ3v) is 10.1. The zero-order valence-electron chi connectivity index (χ0n) is 33.8. The summed E-state index contributed by atoms with van der Waals surface area (Å²) in [7, 11) is 0. The summed E-state index contributed by atoms with van der Waals surface area (Å²) in [5.74, 6) is -2.37. The highest BCUT2D eigenvalue weighted by molar-refractivity contribution is 5.87. The van der Waals surface area contributed by atoms with Crippen LogP contribution in [0.3, 0.4) is 0 Å². The molecule has 0 spiro atoms. The van der Waals surface area contributed by atoms with Crippen LogP contribution >= 0.6 is 0 Å². The van der Waals surface area contributed by atoms with Crippen molar-refractivity contribution in [3.8, 4) is 0 Å². The minimum Gasteiger partial charge on any atom is -0.480 e. The van der Waals surface area contributed by atoms with Crippen LogP contribution in [0.25, 0.3) is 0 Å². The lowest BCUT2D eigenvalue weighted by molar-refractivity contribution is -0.150. The standard InChI is InChI=1S/C43H82N2O7/c1-3-5-7-9-10-11-12-13-14-15-16-17-18-19-20-21-22-23-24-25-26-31-35-42(49)52-38(32-28-8-6-4-2)33-29-27-30-34-40(47)44-36-41(48)45-39(37-46)43(50)51/h38-39,46H,3-37H2,1-2H3,(H,44,47)(H,45,48)(H,50,51). The van der Waals surface area contributed by atoms with Crippen molar-refractivity contribution in [2.24, 2.45) is 0 Å². The molecule has 0 aliphatic heterocycles. The molecule has 0 aromatic rings. The molecule has 0 rings (SSSR count). The van der Waals surface area contributed by atoms with Gasteiger partial charge in [0, 0.05) is 12.8 Å². The molecule has 9 heteroatoms. The number of carbonyl (C=O) groups is 4. The normalized spacial score (nSPS) is 12.4. The van der Waals surface area contributed by atoms with Gasteiger partial charge in [0.25, 0.3) is 0 Å². The average molecular weight is 739 g/mol. The number of aliphatic hydroxyl groups is 1. The van der Waals surface area contributed by atoms with Gasteiger partial charge in [-0.05, 0) is 38.5 Å². The lowest BCUT2D eigenvalue weighted by atomic mass is 10.0. The number of amides is 2. The summed E-state index contributed by atoms with van der Waals surface area (Å²) >= 11 is 0. The van der Waals surface area contributed by atoms with Crippen LogP contribution < -0.4 is 10.6 Å². The average Bonchev–Trinajstić information content (AvgIpc) is 3.13. The Labute approximate surface area is 319 Å². The summed E-state index contributed by atoms with van der Waals surface area (Å²) in [5, 5.41) is 22.5. The second-order valence-electron chi connectivity index (χ2n) is 15.2. The molecule has 0 aliphatic rings. The number of nitrogens with one attached hydrogen (secondary N) is 2. The third-order valence-electron chi connectivity index (χ3n) is 10.1. The number of ether oxygens (including phenoxy) is 1. The number of esters is 1. The molecule has 0 saturated heterocycles. The van der Waals surface area contributed by atoms with Crippen LogP contribution in [0, 0.1) is 0 Å². The smallest absolute Gasteiger partial charge is 0.328 e. The predicted octanol–water partition coefficient (Wildman–Crippen LogP) is 10.5. The fraction of sp³-hybridized carbons (Fsp3) is 0.907. The van der Waals surface area contributed by atoms with Gasteiger partial charge >= 0.3 is 11.9 Å². The van der Waals surface area contributed by atoms with E-state index >= 15 is 0 Å². The summed E-state index contributed by atoms with van der Waals surface area (Å²) < 4.78 is 5.91. The van der Waals surface area contributed by atoms with Crippen LogP contribution in [0.4, 0.5) is 0 Å². The summed E-state index contributed by atoms with van der Waals surface area (Å²) in [4.78, 5) is 47.4. The molecule has 2 unspecified atom stereocenters. The first-order valence-corrected chi connectivity index (χ1v) is 21.9. The Morgan fingerprint density at radius 2 is 0.865 bits per heavy atom. The van der Waals surface area contributed by atoms with Gasteiger partial charge in [-0.1, -0.05) is 174 Å². The van der Waals surface area contributed by atoms with Crippen molar-refractivity contribution in [2.45, 2.75) is 238 Å². The molecule has 0 heterocycles. The first kappa shape index (κ1) is 49.8. The van der Waals surface area contributed by atoms with Gasteiger partial charge in [0.15, 0.2) is 0 Å². The monoisotopic (exact) mass is 739 g/mol. The van der Waals surface area contributed by atoms with E-state index in [1.165, 1.54) is 135 Å². The van der Waals surface area contributed by atoms with Gasteiger partial charge < -0.3 is 25.6 Å². The van der Waals surface area contributed by atoms with Crippen molar-refractivity contribution in [3.63, 3.8) is 0 Å². The molecule has 0 saturated carbocycles. The molecule has 2 amide bonds. The van der Waals surface area contributed by atoms with Gasteiger partial charge in [-0.2, -0.15) is 0 Å². The number of hydrogen-bond acceptors (Lipinski definition) is 6. The summed E-state index contributed by atoms with van der Waals surface area (Å²) in [6.45, 7) is 3.41. The maximum Gasteiger partial charge on any atom is 0.328 e. The van der Waals surface area contributed by atoms with Crippen molar-refractivity contribution >= 4 is 23.8 Å². The Hall–Kier alpha value is -2.16. The number of aliphatic hydroxyl groups excluding tert-OH is 1. The summed E-state index contributed by atoms with van der Waals surface area (Å²) in [6.07, 6.45) is 38.9. The minimum atomic E-state index is -1.39. The van der Waals surface area contributed by atoms with E-state index in [0.29, 0.717) is 12.8 Å². The van der Waals surface area contributed by atoms with Crippen molar-refractivity contribution in [1.82, 2.24) is 10.6 Å². The van der Waals surface area contributed by atoms with Gasteiger partial charge in [0.1, 0.15) is 12.1 Å². The molecule has 0 bridgehead atoms. The number of carboxylic acid groups (broad SMARTS) is 1. The molecular weight excluding hydrogens is 656 g/mol. The molecule has 0 fully saturated rings. The number of rotatable bonds is 40. The van der Waals surface area contributed by atoms with E-state index in [0.717, 1.165) is 57.8 Å². The van der Waals surface area contributed by atoms with E-state index in [1.54, 1.807) is 0 Å². The van der Waals surface area contributed by atoms with E-state index in [4.69, 9.17) is 14.9 Å². The number of hydrogen-bond donors (Lipinski definition) is 4. The first-order valence-electron chi connectivity index (χ1n) is 21.9. The van der Waals surface area contributed by atoms with Gasteiger partial charge in [-0.3, -0.25) is 14.4 Å². The summed E-state index contributed by atoms with van der Waals surface area (Å²) in [6, 6.07) is -1.39. The predicted molar refractivity (Wildman–Crippen MR) is 213 cm³/mol. The highest BCUT2D eigenvalue weighted by atomic mass is 16.5. The quantitative estimate of drug-likeness (QED) is 0.0362. The van der Waals surface area contributed by atoms with Gasteiger partial charge in [-0.25, -0.2) is 4.79 Å². The Bertz CT molecular complexity index is 853.